The van der Waals surface area contributed by atoms with Crippen molar-refractivity contribution in [1.82, 2.24) is 4.48 Å². The van der Waals surface area contributed by atoms with E-state index in [1.54, 1.807) is 0 Å². The van der Waals surface area contributed by atoms with E-state index in [9.17, 15) is 0 Å². The Morgan fingerprint density at radius 2 is 2.00 bits per heavy atom. The van der Waals surface area contributed by atoms with Crippen LogP contribution in [-0.4, -0.2) is 22.2 Å². The van der Waals surface area contributed by atoms with Gasteiger partial charge >= 0.3 is 7.55 Å². The molecule has 1 aromatic heterocycles. The Kier molecular flexibility index (Phi) is 3.89. The fourth-order valence-electron chi connectivity index (χ4n) is 3.52. The predicted octanol–water partition coefficient (Wildman–Crippen LogP) is 4.33. The molecule has 2 aliphatic rings. The normalized spacial score (nSPS) is 17.4. The van der Waals surface area contributed by atoms with Crippen molar-refractivity contribution in [2.75, 3.05) is 0 Å². The number of fused-ring (bicyclic) bond motifs is 2. The summed E-state index contributed by atoms with van der Waals surface area (Å²) < 4.78 is 4.58. The molecule has 0 N–H and O–H groups in total. The van der Waals surface area contributed by atoms with Gasteiger partial charge in [0.2, 0.25) is 0 Å². The van der Waals surface area contributed by atoms with E-state index in [0.717, 1.165) is 5.57 Å². The van der Waals surface area contributed by atoms with Gasteiger partial charge in [0.05, 0.1) is 11.3 Å². The van der Waals surface area contributed by atoms with Gasteiger partial charge in [0.1, 0.15) is 0 Å². The average Bonchev–Trinajstić information content (AvgIpc) is 2.96. The van der Waals surface area contributed by atoms with Crippen molar-refractivity contribution in [3.8, 4) is 0 Å². The third-order valence-corrected chi connectivity index (χ3v) is 4.52. The lowest BCUT2D eigenvalue weighted by Crippen LogP contribution is -2.32. The highest BCUT2D eigenvalue weighted by atomic mass is 15.1. The molecule has 3 rings (SSSR count). The molecule has 0 spiro atoms. The van der Waals surface area contributed by atoms with Crippen LogP contribution in [-0.2, 0) is 0 Å². The molecule has 0 atom stereocenters. The monoisotopic (exact) mass is 302 g/mol. The quantitative estimate of drug-likeness (QED) is 0.580. The molecule has 0 saturated carbocycles. The summed E-state index contributed by atoms with van der Waals surface area (Å²) >= 11 is 0. The molecular formula is C20H23BN2+. The molecule has 0 aliphatic carbocycles. The van der Waals surface area contributed by atoms with Crippen LogP contribution >= 0.6 is 0 Å². The fraction of sp³-hybridized carbons (Fsp3) is 0.250. The Morgan fingerprint density at radius 1 is 1.26 bits per heavy atom. The van der Waals surface area contributed by atoms with E-state index in [4.69, 9.17) is 0 Å². The molecule has 23 heavy (non-hydrogen) atoms. The zero-order valence-corrected chi connectivity index (χ0v) is 14.6. The molecule has 115 valence electrons. The van der Waals surface area contributed by atoms with Crippen LogP contribution < -0.4 is 0 Å². The second kappa shape index (κ2) is 5.73. The number of allylic oxidation sites excluding steroid dienone is 8. The van der Waals surface area contributed by atoms with E-state index >= 15 is 0 Å². The van der Waals surface area contributed by atoms with E-state index < -0.39 is 0 Å². The summed E-state index contributed by atoms with van der Waals surface area (Å²) in [4.78, 5) is 0. The molecule has 3 heterocycles. The van der Waals surface area contributed by atoms with Crippen molar-refractivity contribution >= 4 is 18.8 Å². The standard InChI is InChI=1S/C20H23BN2/c1-7-9-10-17(8-2)18-19-13(3)11-15(5)22(19)21-23-16(6)12-14(4)20(18)23/h7-12H,2H2,1,3-6H3/q+1/b9-7-,17-10+. The summed E-state index contributed by atoms with van der Waals surface area (Å²) in [5.41, 5.74) is 10.1. The molecule has 2 nitrogen and oxygen atoms in total. The first-order valence-electron chi connectivity index (χ1n) is 8.05. The zero-order chi connectivity index (χ0) is 16.7. The average molecular weight is 302 g/mol. The number of rotatable bonds is 3. The van der Waals surface area contributed by atoms with Crippen LogP contribution in [0.2, 0.25) is 0 Å². The number of hydrogen-bond donors (Lipinski definition) is 0. The first-order chi connectivity index (χ1) is 11.0. The summed E-state index contributed by atoms with van der Waals surface area (Å²) in [6.45, 7) is 14.8. The van der Waals surface area contributed by atoms with Crippen LogP contribution in [0.1, 0.15) is 37.7 Å². The molecule has 2 aliphatic heterocycles. The second-order valence-corrected chi connectivity index (χ2v) is 6.22. The molecule has 0 amide bonds. The summed E-state index contributed by atoms with van der Waals surface area (Å²) in [6, 6.07) is 2.25. The third-order valence-electron chi connectivity index (χ3n) is 4.52. The molecular weight excluding hydrogens is 279 g/mol. The minimum Gasteiger partial charge on any atom is -0.322 e. The third kappa shape index (κ3) is 2.31. The number of aryl methyl sites for hydroxylation is 2. The highest BCUT2D eigenvalue weighted by molar-refractivity contribution is 6.29. The Hall–Kier alpha value is -2.29. The van der Waals surface area contributed by atoms with Crippen molar-refractivity contribution in [2.45, 2.75) is 34.6 Å². The van der Waals surface area contributed by atoms with Gasteiger partial charge in [-0.05, 0) is 44.9 Å². The van der Waals surface area contributed by atoms with Gasteiger partial charge in [0.25, 0.3) is 0 Å². The summed E-state index contributed by atoms with van der Waals surface area (Å²) in [6.07, 6.45) is 10.5. The lowest BCUT2D eigenvalue weighted by Gasteiger charge is -2.21. The molecule has 0 bridgehead atoms. The van der Waals surface area contributed by atoms with Gasteiger partial charge in [-0.1, -0.05) is 30.9 Å². The minimum absolute atomic E-state index is 1.15. The van der Waals surface area contributed by atoms with Crippen molar-refractivity contribution in [3.05, 3.63) is 76.8 Å². The van der Waals surface area contributed by atoms with Crippen LogP contribution in [0.3, 0.4) is 0 Å². The zero-order valence-electron chi connectivity index (χ0n) is 14.6. The van der Waals surface area contributed by atoms with Crippen molar-refractivity contribution in [1.29, 1.82) is 0 Å². The van der Waals surface area contributed by atoms with E-state index in [1.165, 1.54) is 39.5 Å². The molecule has 0 fully saturated rings. The lowest BCUT2D eigenvalue weighted by molar-refractivity contribution is -0.315. The Morgan fingerprint density at radius 3 is 2.65 bits per heavy atom. The molecule has 1 aromatic rings. The maximum absolute atomic E-state index is 4.06. The molecule has 0 aromatic carbocycles. The van der Waals surface area contributed by atoms with E-state index in [2.05, 4.69) is 75.1 Å². The summed E-state index contributed by atoms with van der Waals surface area (Å²) in [5.74, 6) is 0. The van der Waals surface area contributed by atoms with Crippen LogP contribution in [0.4, 0.5) is 0 Å². The predicted molar refractivity (Wildman–Crippen MR) is 99.8 cm³/mol. The van der Waals surface area contributed by atoms with Crippen molar-refractivity contribution in [2.24, 2.45) is 0 Å². The Balaban J connectivity index is 2.39. The van der Waals surface area contributed by atoms with E-state index in [1.807, 2.05) is 19.1 Å². The molecule has 3 heteroatoms. The maximum atomic E-state index is 4.06. The molecule has 0 unspecified atom stereocenters. The van der Waals surface area contributed by atoms with Gasteiger partial charge in [-0.25, -0.2) is 0 Å². The first-order valence-corrected chi connectivity index (χ1v) is 8.05. The van der Waals surface area contributed by atoms with Gasteiger partial charge < -0.3 is 4.48 Å². The Labute approximate surface area is 139 Å². The second-order valence-electron chi connectivity index (χ2n) is 6.22. The highest BCUT2D eigenvalue weighted by Gasteiger charge is 2.40. The van der Waals surface area contributed by atoms with Crippen molar-refractivity contribution in [3.63, 3.8) is 0 Å². The van der Waals surface area contributed by atoms with Gasteiger partial charge in [0, 0.05) is 24.3 Å². The fourth-order valence-corrected chi connectivity index (χ4v) is 3.52. The smallest absolute Gasteiger partial charge is 0.322 e. The number of aromatic nitrogens is 1. The maximum Gasteiger partial charge on any atom is 0.699 e. The SMILES string of the molecule is C=C/C(=C\C=C/C)C1=C2C(C)=CC(C)=[N+]2[B]n2c(C)cc(C)c21. The number of nitrogens with zero attached hydrogens (tertiary/aromatic N) is 2. The van der Waals surface area contributed by atoms with Gasteiger partial charge in [-0.15, -0.1) is 0 Å². The summed E-state index contributed by atoms with van der Waals surface area (Å²) in [7, 11) is 2.20. The topological polar surface area (TPSA) is 7.94 Å². The van der Waals surface area contributed by atoms with E-state index in [-0.39, 0.29) is 0 Å². The Bertz CT molecular complexity index is 854. The summed E-state index contributed by atoms with van der Waals surface area (Å²) in [5, 5.41) is 0. The lowest BCUT2D eigenvalue weighted by atomic mass is 9.89. The van der Waals surface area contributed by atoms with Gasteiger partial charge in [-0.3, -0.25) is 4.49 Å². The van der Waals surface area contributed by atoms with Gasteiger partial charge in [-0.2, -0.15) is 0 Å². The molecule has 0 saturated heterocycles. The molecule has 1 radical (unpaired) electrons. The van der Waals surface area contributed by atoms with Crippen LogP contribution in [0.25, 0.3) is 5.57 Å². The van der Waals surface area contributed by atoms with Crippen molar-refractivity contribution < 1.29 is 4.49 Å². The van der Waals surface area contributed by atoms with E-state index in [0.29, 0.717) is 0 Å². The number of hydrogen-bond acceptors (Lipinski definition) is 0. The largest absolute Gasteiger partial charge is 0.699 e. The minimum atomic E-state index is 1.15. The van der Waals surface area contributed by atoms with Gasteiger partial charge in [0.15, 0.2) is 11.4 Å². The highest BCUT2D eigenvalue weighted by Crippen LogP contribution is 2.39. The van der Waals surface area contributed by atoms with Crippen LogP contribution in [0.5, 0.6) is 0 Å². The van der Waals surface area contributed by atoms with Crippen LogP contribution in [0, 0.1) is 13.8 Å². The first kappa shape index (κ1) is 15.6. The van der Waals surface area contributed by atoms with Crippen LogP contribution in [0.15, 0.2) is 59.9 Å².